The third kappa shape index (κ3) is 1.75. The fraction of sp³-hybridized carbons (Fsp3) is 0.143. The first-order valence-corrected chi connectivity index (χ1v) is 3.08. The predicted molar refractivity (Wildman–Crippen MR) is 33.9 cm³/mol. The van der Waals surface area contributed by atoms with Crippen LogP contribution in [0.1, 0.15) is 11.1 Å². The van der Waals surface area contributed by atoms with Crippen molar-refractivity contribution >= 4 is 0 Å². The Kier molecular flexibility index (Phi) is 2.19. The summed E-state index contributed by atoms with van der Waals surface area (Å²) in [5, 5.41) is 8.26. The lowest BCUT2D eigenvalue weighted by Gasteiger charge is -2.07. The summed E-state index contributed by atoms with van der Waals surface area (Å²) < 4.78 is 48.7. The van der Waals surface area contributed by atoms with Gasteiger partial charge in [0, 0.05) is 6.20 Å². The number of hydrogen-bond acceptors (Lipinski definition) is 2. The Morgan fingerprint density at radius 1 is 1.38 bits per heavy atom. The summed E-state index contributed by atoms with van der Waals surface area (Å²) in [6.07, 6.45) is -4.08. The molecule has 0 atom stereocenters. The highest BCUT2D eigenvalue weighted by Crippen LogP contribution is 2.32. The molecule has 1 aromatic heterocycles. The van der Waals surface area contributed by atoms with Crippen molar-refractivity contribution in [1.29, 1.82) is 5.26 Å². The van der Waals surface area contributed by atoms with Gasteiger partial charge in [-0.3, -0.25) is 0 Å². The van der Waals surface area contributed by atoms with E-state index in [1.807, 2.05) is 0 Å². The number of alkyl halides is 3. The van der Waals surface area contributed by atoms with Crippen LogP contribution >= 0.6 is 0 Å². The second-order valence-electron chi connectivity index (χ2n) is 2.13. The van der Waals surface area contributed by atoms with Crippen molar-refractivity contribution < 1.29 is 17.6 Å². The molecule has 0 saturated heterocycles. The van der Waals surface area contributed by atoms with Crippen LogP contribution in [0.2, 0.25) is 0 Å². The zero-order chi connectivity index (χ0) is 10.1. The van der Waals surface area contributed by atoms with Gasteiger partial charge in [-0.2, -0.15) is 22.8 Å². The first-order chi connectivity index (χ1) is 5.96. The zero-order valence-electron chi connectivity index (χ0n) is 6.06. The lowest BCUT2D eigenvalue weighted by atomic mass is 10.1. The number of nitriles is 1. The second kappa shape index (κ2) is 3.01. The molecule has 0 amide bonds. The standard InChI is InChI=1S/C7H2F4N2/c8-6-5(7(9,10)11)4(3-12)1-2-13-6/h1-2H. The Balaban J connectivity index is 3.43. The minimum atomic E-state index is -4.89. The zero-order valence-corrected chi connectivity index (χ0v) is 6.06. The summed E-state index contributed by atoms with van der Waals surface area (Å²) in [6, 6.07) is 2.05. The van der Waals surface area contributed by atoms with Crippen molar-refractivity contribution in [3.8, 4) is 6.07 Å². The van der Waals surface area contributed by atoms with E-state index in [-0.39, 0.29) is 0 Å². The molecule has 0 unspecified atom stereocenters. The molecule has 1 aromatic rings. The molecule has 0 aliphatic rings. The summed E-state index contributed by atoms with van der Waals surface area (Å²) in [4.78, 5) is 2.82. The highest BCUT2D eigenvalue weighted by molar-refractivity contribution is 5.37. The Bertz CT molecular complexity index is 364. The Labute approximate surface area is 70.4 Å². The maximum atomic E-state index is 12.6. The normalized spacial score (nSPS) is 11.0. The largest absolute Gasteiger partial charge is 0.422 e. The maximum absolute atomic E-state index is 12.6. The molecule has 68 valence electrons. The number of pyridine rings is 1. The summed E-state index contributed by atoms with van der Waals surface area (Å²) in [7, 11) is 0. The molecule has 6 heteroatoms. The van der Waals surface area contributed by atoms with Gasteiger partial charge in [0.1, 0.15) is 5.56 Å². The SMILES string of the molecule is N#Cc1ccnc(F)c1C(F)(F)F. The number of rotatable bonds is 0. The third-order valence-electron chi connectivity index (χ3n) is 1.31. The molecule has 0 aromatic carbocycles. The van der Waals surface area contributed by atoms with Crippen LogP contribution in [0.15, 0.2) is 12.3 Å². The average molecular weight is 190 g/mol. The van der Waals surface area contributed by atoms with Gasteiger partial charge in [-0.1, -0.05) is 0 Å². The monoisotopic (exact) mass is 190 g/mol. The summed E-state index contributed by atoms with van der Waals surface area (Å²) in [6.45, 7) is 0. The molecule has 0 N–H and O–H groups in total. The van der Waals surface area contributed by atoms with Gasteiger partial charge in [-0.05, 0) is 6.07 Å². The predicted octanol–water partition coefficient (Wildman–Crippen LogP) is 2.11. The number of nitrogens with zero attached hydrogens (tertiary/aromatic N) is 2. The Hall–Kier alpha value is -1.64. The quantitative estimate of drug-likeness (QED) is 0.464. The van der Waals surface area contributed by atoms with Crippen molar-refractivity contribution in [1.82, 2.24) is 4.98 Å². The fourth-order valence-corrected chi connectivity index (χ4v) is 0.799. The average Bonchev–Trinajstić information content (AvgIpc) is 2.01. The lowest BCUT2D eigenvalue weighted by molar-refractivity contribution is -0.140. The van der Waals surface area contributed by atoms with Crippen molar-refractivity contribution in [2.75, 3.05) is 0 Å². The van der Waals surface area contributed by atoms with E-state index in [4.69, 9.17) is 5.26 Å². The van der Waals surface area contributed by atoms with Crippen LogP contribution in [0.5, 0.6) is 0 Å². The van der Waals surface area contributed by atoms with E-state index in [0.29, 0.717) is 0 Å². The smallest absolute Gasteiger partial charge is 0.228 e. The van der Waals surface area contributed by atoms with Crippen molar-refractivity contribution in [2.45, 2.75) is 6.18 Å². The van der Waals surface area contributed by atoms with Crippen molar-refractivity contribution in [2.24, 2.45) is 0 Å². The van der Waals surface area contributed by atoms with Gasteiger partial charge in [0.05, 0.1) is 11.6 Å². The van der Waals surface area contributed by atoms with Gasteiger partial charge in [0.2, 0.25) is 5.95 Å². The van der Waals surface area contributed by atoms with E-state index in [9.17, 15) is 17.6 Å². The summed E-state index contributed by atoms with van der Waals surface area (Å²) in [5.41, 5.74) is -2.38. The van der Waals surface area contributed by atoms with Crippen molar-refractivity contribution in [3.63, 3.8) is 0 Å². The van der Waals surface area contributed by atoms with Gasteiger partial charge in [0.15, 0.2) is 0 Å². The van der Waals surface area contributed by atoms with Gasteiger partial charge in [0.25, 0.3) is 0 Å². The summed E-state index contributed by atoms with van der Waals surface area (Å²) >= 11 is 0. The van der Waals surface area contributed by atoms with Crippen LogP contribution in [0.25, 0.3) is 0 Å². The first kappa shape index (κ1) is 9.45. The number of aromatic nitrogens is 1. The molecule has 13 heavy (non-hydrogen) atoms. The van der Waals surface area contributed by atoms with Crippen LogP contribution in [-0.2, 0) is 6.18 Å². The van der Waals surface area contributed by atoms with Gasteiger partial charge >= 0.3 is 6.18 Å². The van der Waals surface area contributed by atoms with Crippen LogP contribution in [0.4, 0.5) is 17.6 Å². The van der Waals surface area contributed by atoms with Gasteiger partial charge in [-0.15, -0.1) is 0 Å². The topological polar surface area (TPSA) is 36.7 Å². The van der Waals surface area contributed by atoms with Crippen LogP contribution in [0, 0.1) is 17.3 Å². The molecule has 1 rings (SSSR count). The minimum Gasteiger partial charge on any atom is -0.228 e. The second-order valence-corrected chi connectivity index (χ2v) is 2.13. The molecule has 0 spiro atoms. The van der Waals surface area contributed by atoms with Gasteiger partial charge < -0.3 is 0 Å². The molecule has 0 fully saturated rings. The van der Waals surface area contributed by atoms with Crippen LogP contribution < -0.4 is 0 Å². The molecule has 0 saturated carbocycles. The molecule has 0 bridgehead atoms. The van der Waals surface area contributed by atoms with E-state index in [1.165, 1.54) is 6.07 Å². The van der Waals surface area contributed by atoms with E-state index < -0.39 is 23.3 Å². The third-order valence-corrected chi connectivity index (χ3v) is 1.31. The Morgan fingerprint density at radius 2 is 2.00 bits per heavy atom. The van der Waals surface area contributed by atoms with Crippen molar-refractivity contribution in [3.05, 3.63) is 29.3 Å². The number of hydrogen-bond donors (Lipinski definition) is 0. The van der Waals surface area contributed by atoms with E-state index in [1.54, 1.807) is 0 Å². The summed E-state index contributed by atoms with van der Waals surface area (Å²) in [5.74, 6) is -1.67. The maximum Gasteiger partial charge on any atom is 0.422 e. The van der Waals surface area contributed by atoms with Gasteiger partial charge in [-0.25, -0.2) is 4.98 Å². The lowest BCUT2D eigenvalue weighted by Crippen LogP contribution is -2.12. The van der Waals surface area contributed by atoms with Crippen LogP contribution in [0.3, 0.4) is 0 Å². The molecule has 2 nitrogen and oxygen atoms in total. The minimum absolute atomic E-state index is 0.764. The highest BCUT2D eigenvalue weighted by Gasteiger charge is 2.37. The Morgan fingerprint density at radius 3 is 2.38 bits per heavy atom. The van der Waals surface area contributed by atoms with E-state index in [2.05, 4.69) is 4.98 Å². The number of halogens is 4. The highest BCUT2D eigenvalue weighted by atomic mass is 19.4. The fourth-order valence-electron chi connectivity index (χ4n) is 0.799. The molecular weight excluding hydrogens is 188 g/mol. The van der Waals surface area contributed by atoms with E-state index >= 15 is 0 Å². The molecule has 0 radical (unpaired) electrons. The van der Waals surface area contributed by atoms with E-state index in [0.717, 1.165) is 12.3 Å². The van der Waals surface area contributed by atoms with Crippen LogP contribution in [-0.4, -0.2) is 4.98 Å². The molecular formula is C7H2F4N2. The first-order valence-electron chi connectivity index (χ1n) is 3.08. The molecule has 0 aliphatic heterocycles. The molecule has 1 heterocycles. The molecule has 0 aliphatic carbocycles.